The van der Waals surface area contributed by atoms with E-state index < -0.39 is 97.5 Å². The van der Waals surface area contributed by atoms with Gasteiger partial charge in [0.15, 0.2) is 12.2 Å². The summed E-state index contributed by atoms with van der Waals surface area (Å²) in [5, 5.41) is 10.6. The van der Waals surface area contributed by atoms with E-state index in [0.717, 1.165) is 108 Å². The second-order valence-electron chi connectivity index (χ2n) is 30.0. The summed E-state index contributed by atoms with van der Waals surface area (Å²) in [5.74, 6) is -0.369. The highest BCUT2D eigenvalue weighted by Crippen LogP contribution is 2.45. The summed E-state index contributed by atoms with van der Waals surface area (Å²) in [4.78, 5) is 72.8. The highest BCUT2D eigenvalue weighted by molar-refractivity contribution is 7.47. The predicted octanol–water partition coefficient (Wildman–Crippen LogP) is 24.7. The number of hydrogen-bond acceptors (Lipinski definition) is 15. The molecule has 0 aliphatic rings. The van der Waals surface area contributed by atoms with Gasteiger partial charge in [0.1, 0.15) is 19.3 Å². The van der Waals surface area contributed by atoms with E-state index in [2.05, 4.69) is 41.5 Å². The average Bonchev–Trinajstić information content (AvgIpc) is 0.999. The molecule has 0 saturated carbocycles. The van der Waals surface area contributed by atoms with E-state index in [9.17, 15) is 43.2 Å². The molecule has 0 heterocycles. The molecule has 0 rings (SSSR count). The van der Waals surface area contributed by atoms with Crippen LogP contribution < -0.4 is 0 Å². The van der Waals surface area contributed by atoms with Gasteiger partial charge < -0.3 is 33.8 Å². The Morgan fingerprint density at radius 2 is 0.475 bits per heavy atom. The molecule has 0 bridgehead atoms. The van der Waals surface area contributed by atoms with E-state index in [1.807, 2.05) is 0 Å². The van der Waals surface area contributed by atoms with Crippen LogP contribution in [0.3, 0.4) is 0 Å². The maximum atomic E-state index is 13.1. The topological polar surface area (TPSA) is 237 Å². The first kappa shape index (κ1) is 99.1. The first-order chi connectivity index (χ1) is 48.9. The van der Waals surface area contributed by atoms with Crippen LogP contribution in [0.5, 0.6) is 0 Å². The smallest absolute Gasteiger partial charge is 0.462 e. The van der Waals surface area contributed by atoms with Crippen molar-refractivity contribution in [1.29, 1.82) is 0 Å². The molecule has 4 unspecified atom stereocenters. The zero-order chi connectivity index (χ0) is 74.2. The molecule has 101 heavy (non-hydrogen) atoms. The number of aliphatic hydroxyl groups excluding tert-OH is 1. The average molecular weight is 1480 g/mol. The van der Waals surface area contributed by atoms with Gasteiger partial charge in [0.2, 0.25) is 0 Å². The van der Waals surface area contributed by atoms with Crippen molar-refractivity contribution in [2.24, 2.45) is 11.8 Å². The number of phosphoric acid groups is 2. The molecule has 0 aliphatic heterocycles. The zero-order valence-corrected chi connectivity index (χ0v) is 68.0. The summed E-state index contributed by atoms with van der Waals surface area (Å²) in [6.07, 6.45) is 64.1. The fourth-order valence-electron chi connectivity index (χ4n) is 12.6. The number of carbonyl (C=O) groups is 4. The van der Waals surface area contributed by atoms with Crippen molar-refractivity contribution in [2.75, 3.05) is 39.6 Å². The second kappa shape index (κ2) is 73.6. The molecular formula is C82H160O17P2. The van der Waals surface area contributed by atoms with Crippen molar-refractivity contribution >= 4 is 39.5 Å². The number of aliphatic hydroxyl groups is 1. The lowest BCUT2D eigenvalue weighted by molar-refractivity contribution is -0.161. The van der Waals surface area contributed by atoms with E-state index in [-0.39, 0.29) is 25.7 Å². The van der Waals surface area contributed by atoms with Crippen LogP contribution in [-0.2, 0) is 65.4 Å². The van der Waals surface area contributed by atoms with Crippen LogP contribution in [0.4, 0.5) is 0 Å². The highest BCUT2D eigenvalue weighted by Gasteiger charge is 2.30. The van der Waals surface area contributed by atoms with Gasteiger partial charge in [-0.3, -0.25) is 37.3 Å². The number of rotatable bonds is 81. The Bertz CT molecular complexity index is 1950. The molecule has 17 nitrogen and oxygen atoms in total. The van der Waals surface area contributed by atoms with Gasteiger partial charge in [-0.25, -0.2) is 9.13 Å². The maximum Gasteiger partial charge on any atom is 0.472 e. The summed E-state index contributed by atoms with van der Waals surface area (Å²) in [6, 6.07) is 0. The first-order valence-electron chi connectivity index (χ1n) is 42.6. The number of esters is 4. The highest BCUT2D eigenvalue weighted by atomic mass is 31.2. The van der Waals surface area contributed by atoms with Gasteiger partial charge in [-0.05, 0) is 37.5 Å². The monoisotopic (exact) mass is 1480 g/mol. The largest absolute Gasteiger partial charge is 0.472 e. The summed E-state index contributed by atoms with van der Waals surface area (Å²) in [6.45, 7) is 9.72. The Hall–Kier alpha value is -1.94. The number of phosphoric ester groups is 2. The third-order valence-electron chi connectivity index (χ3n) is 19.9. The molecule has 0 fully saturated rings. The van der Waals surface area contributed by atoms with E-state index in [1.165, 1.54) is 244 Å². The third kappa shape index (κ3) is 73.4. The van der Waals surface area contributed by atoms with E-state index >= 15 is 0 Å². The number of hydrogen-bond donors (Lipinski definition) is 3. The third-order valence-corrected chi connectivity index (χ3v) is 21.8. The molecule has 0 radical (unpaired) electrons. The first-order valence-corrected chi connectivity index (χ1v) is 45.6. The molecule has 3 N–H and O–H groups in total. The number of unbranched alkanes of at least 4 members (excludes halogenated alkanes) is 49. The van der Waals surface area contributed by atoms with Crippen LogP contribution in [-0.4, -0.2) is 96.7 Å². The maximum absolute atomic E-state index is 13.1. The number of carbonyl (C=O) groups excluding carboxylic acids is 4. The summed E-state index contributed by atoms with van der Waals surface area (Å²) < 4.78 is 68.5. The van der Waals surface area contributed by atoms with Gasteiger partial charge in [0, 0.05) is 25.7 Å². The van der Waals surface area contributed by atoms with Gasteiger partial charge in [-0.1, -0.05) is 382 Å². The Balaban J connectivity index is 5.12. The molecule has 0 aromatic heterocycles. The molecule has 0 aliphatic carbocycles. The fraction of sp³-hybridized carbons (Fsp3) is 0.951. The fourth-order valence-corrected chi connectivity index (χ4v) is 14.2. The molecule has 0 amide bonds. The predicted molar refractivity (Wildman–Crippen MR) is 414 cm³/mol. The van der Waals surface area contributed by atoms with Crippen LogP contribution in [0, 0.1) is 11.8 Å². The molecule has 19 heteroatoms. The summed E-state index contributed by atoms with van der Waals surface area (Å²) >= 11 is 0. The standard InChI is InChI=1S/C82H160O17P2/c1-7-11-13-15-17-39-48-54-60-66-81(86)98-77(70-92-79(84)64-58-52-46-18-16-14-12-8-2)72-96-100(88,89)94-68-76(83)69-95-101(90,91)97-73-78(99-82(87)67-61-55-49-43-38-34-30-26-22-20-24-28-32-36-41-45-51-57-63-75(6)10-4)71-93-80(85)65-59-53-47-42-37-33-29-25-21-19-23-27-31-35-40-44-50-56-62-74(5)9-3/h74-78,83H,7-73H2,1-6H3,(H,88,89)(H,90,91)/t74?,75?,76-,77+,78+/m0/s1. The molecular weight excluding hydrogens is 1320 g/mol. The van der Waals surface area contributed by atoms with Gasteiger partial charge in [-0.2, -0.15) is 0 Å². The van der Waals surface area contributed by atoms with Gasteiger partial charge in [0.25, 0.3) is 0 Å². The minimum absolute atomic E-state index is 0.106. The van der Waals surface area contributed by atoms with Crippen LogP contribution in [0.2, 0.25) is 0 Å². The molecule has 600 valence electrons. The second-order valence-corrected chi connectivity index (χ2v) is 32.9. The number of ether oxygens (including phenoxy) is 4. The van der Waals surface area contributed by atoms with Crippen molar-refractivity contribution in [2.45, 2.75) is 452 Å². The van der Waals surface area contributed by atoms with Crippen LogP contribution in [0.1, 0.15) is 433 Å². The summed E-state index contributed by atoms with van der Waals surface area (Å²) in [7, 11) is -9.91. The normalized spacial score (nSPS) is 14.4. The van der Waals surface area contributed by atoms with Crippen molar-refractivity contribution in [3.8, 4) is 0 Å². The Morgan fingerprint density at radius 1 is 0.277 bits per heavy atom. The molecule has 7 atom stereocenters. The van der Waals surface area contributed by atoms with Gasteiger partial charge in [0.05, 0.1) is 26.4 Å². The van der Waals surface area contributed by atoms with Crippen molar-refractivity contribution < 1.29 is 80.2 Å². The van der Waals surface area contributed by atoms with E-state index in [1.54, 1.807) is 0 Å². The van der Waals surface area contributed by atoms with E-state index in [0.29, 0.717) is 25.7 Å². The molecule has 0 aromatic rings. The van der Waals surface area contributed by atoms with Gasteiger partial charge >= 0.3 is 39.5 Å². The minimum atomic E-state index is -4.96. The lowest BCUT2D eigenvalue weighted by Gasteiger charge is -2.21. The molecule has 0 aromatic carbocycles. The van der Waals surface area contributed by atoms with Crippen molar-refractivity contribution in [1.82, 2.24) is 0 Å². The Labute approximate surface area is 619 Å². The van der Waals surface area contributed by atoms with Crippen molar-refractivity contribution in [3.05, 3.63) is 0 Å². The van der Waals surface area contributed by atoms with Gasteiger partial charge in [-0.15, -0.1) is 0 Å². The van der Waals surface area contributed by atoms with E-state index in [4.69, 9.17) is 37.0 Å². The minimum Gasteiger partial charge on any atom is -0.462 e. The SMILES string of the molecule is CCCCCCCCCCCC(=O)O[C@H](COC(=O)CCCCCCCCCC)COP(=O)(O)OC[C@H](O)COP(=O)(O)OC[C@@H](COC(=O)CCCCCCCCCCCCCCCCCCCCC(C)CC)OC(=O)CCCCCCCCCCCCCCCCCCCCC(C)CC. The van der Waals surface area contributed by atoms with Crippen LogP contribution >= 0.6 is 15.6 Å². The Morgan fingerprint density at radius 3 is 0.703 bits per heavy atom. The molecule has 0 saturated heterocycles. The van der Waals surface area contributed by atoms with Crippen molar-refractivity contribution in [3.63, 3.8) is 0 Å². The lowest BCUT2D eigenvalue weighted by atomic mass is 9.99. The molecule has 0 spiro atoms. The quantitative estimate of drug-likeness (QED) is 0.0222. The summed E-state index contributed by atoms with van der Waals surface area (Å²) in [5.41, 5.74) is 0. The van der Waals surface area contributed by atoms with Crippen LogP contribution in [0.15, 0.2) is 0 Å². The lowest BCUT2D eigenvalue weighted by Crippen LogP contribution is -2.30. The zero-order valence-electron chi connectivity index (χ0n) is 66.2. The van der Waals surface area contributed by atoms with Crippen LogP contribution in [0.25, 0.3) is 0 Å². The Kier molecular flexibility index (Phi) is 72.2.